The van der Waals surface area contributed by atoms with Crippen LogP contribution in [-0.4, -0.2) is 38.3 Å². The highest BCUT2D eigenvalue weighted by Gasteiger charge is 2.75. The van der Waals surface area contributed by atoms with Crippen molar-refractivity contribution in [1.29, 1.82) is 0 Å². The van der Waals surface area contributed by atoms with Crippen LogP contribution in [0.4, 0.5) is 18.9 Å². The molecule has 0 saturated carbocycles. The fourth-order valence-corrected chi connectivity index (χ4v) is 6.84. The molecule has 3 unspecified atom stereocenters. The third-order valence-corrected chi connectivity index (χ3v) is 8.62. The van der Waals surface area contributed by atoms with Crippen molar-refractivity contribution in [3.63, 3.8) is 0 Å². The van der Waals surface area contributed by atoms with Gasteiger partial charge in [-0.15, -0.1) is 0 Å². The first kappa shape index (κ1) is 24.3. The van der Waals surface area contributed by atoms with Gasteiger partial charge in [0, 0.05) is 5.56 Å². The number of carboxylic acid groups (broad SMARTS) is 1. The molecule has 0 radical (unpaired) electrons. The number of carboxylic acids is 1. The number of ether oxygens (including phenoxy) is 1. The highest BCUT2D eigenvalue weighted by molar-refractivity contribution is 7.93. The Kier molecular flexibility index (Phi) is 5.64. The van der Waals surface area contributed by atoms with Gasteiger partial charge in [0.1, 0.15) is 12.0 Å². The van der Waals surface area contributed by atoms with E-state index in [9.17, 15) is 31.5 Å². The molecule has 1 N–H and O–H groups in total. The number of alkyl halides is 3. The predicted octanol–water partition coefficient (Wildman–Crippen LogP) is 4.65. The van der Waals surface area contributed by atoms with Crippen molar-refractivity contribution in [3.8, 4) is 0 Å². The number of benzene rings is 3. The molecule has 0 aromatic heterocycles. The second-order valence-electron chi connectivity index (χ2n) is 9.06. The molecule has 3 atom stereocenters. The van der Waals surface area contributed by atoms with E-state index in [0.717, 1.165) is 11.1 Å². The van der Waals surface area contributed by atoms with E-state index >= 15 is 0 Å². The van der Waals surface area contributed by atoms with Crippen molar-refractivity contribution >= 4 is 21.7 Å². The molecule has 0 bridgehead atoms. The number of fused-ring (bicyclic) bond motifs is 3. The quantitative estimate of drug-likeness (QED) is 0.533. The third-order valence-electron chi connectivity index (χ3n) is 6.81. The Morgan fingerprint density at radius 1 is 1.06 bits per heavy atom. The van der Waals surface area contributed by atoms with Crippen LogP contribution in [0.1, 0.15) is 22.3 Å². The van der Waals surface area contributed by atoms with Gasteiger partial charge in [0.25, 0.3) is 10.0 Å². The molecule has 0 aliphatic carbocycles. The number of aryl methyl sites for hydroxylation is 1. The van der Waals surface area contributed by atoms with Gasteiger partial charge >= 0.3 is 12.1 Å². The second-order valence-corrected chi connectivity index (χ2v) is 10.9. The van der Waals surface area contributed by atoms with Crippen molar-refractivity contribution < 1.29 is 36.2 Å². The number of anilines is 1. The Labute approximate surface area is 206 Å². The molecule has 188 valence electrons. The van der Waals surface area contributed by atoms with Gasteiger partial charge in [-0.2, -0.15) is 13.2 Å². The number of rotatable bonds is 5. The molecule has 2 heterocycles. The van der Waals surface area contributed by atoms with Crippen LogP contribution in [-0.2, 0) is 31.6 Å². The summed E-state index contributed by atoms with van der Waals surface area (Å²) in [5.74, 6) is -3.29. The SMILES string of the molecule is Cc1ccc(S(=O)(=O)N2c3ccc(Cc4ccccc4)cc3C3(C(F)(F)F)OCC(C(=O)O)C23)cc1. The zero-order chi connectivity index (χ0) is 25.9. The van der Waals surface area contributed by atoms with E-state index < -0.39 is 51.9 Å². The molecule has 2 aliphatic rings. The summed E-state index contributed by atoms with van der Waals surface area (Å²) in [6.07, 6.45) is -4.78. The van der Waals surface area contributed by atoms with Gasteiger partial charge < -0.3 is 9.84 Å². The monoisotopic (exact) mass is 517 g/mol. The maximum absolute atomic E-state index is 14.9. The third kappa shape index (κ3) is 3.58. The summed E-state index contributed by atoms with van der Waals surface area (Å²) < 4.78 is 78.0. The van der Waals surface area contributed by atoms with Crippen LogP contribution >= 0.6 is 0 Å². The lowest BCUT2D eigenvalue weighted by Gasteiger charge is -2.34. The fraction of sp³-hybridized carbons (Fsp3) is 0.269. The van der Waals surface area contributed by atoms with Gasteiger partial charge in [-0.3, -0.25) is 9.10 Å². The van der Waals surface area contributed by atoms with Crippen LogP contribution in [0.3, 0.4) is 0 Å². The molecule has 0 spiro atoms. The van der Waals surface area contributed by atoms with E-state index in [1.165, 1.54) is 36.4 Å². The molecule has 5 rings (SSSR count). The number of carbonyl (C=O) groups is 1. The Bertz CT molecular complexity index is 1420. The average Bonchev–Trinajstić information content (AvgIpc) is 3.35. The van der Waals surface area contributed by atoms with Crippen LogP contribution in [0.15, 0.2) is 77.7 Å². The molecule has 2 aliphatic heterocycles. The molecule has 1 saturated heterocycles. The van der Waals surface area contributed by atoms with Gasteiger partial charge in [0.05, 0.1) is 17.2 Å². The van der Waals surface area contributed by atoms with Gasteiger partial charge in [-0.1, -0.05) is 60.2 Å². The summed E-state index contributed by atoms with van der Waals surface area (Å²) in [5.41, 5.74) is -1.62. The zero-order valence-corrected chi connectivity index (χ0v) is 19.9. The van der Waals surface area contributed by atoms with Crippen LogP contribution < -0.4 is 4.31 Å². The molecule has 6 nitrogen and oxygen atoms in total. The minimum Gasteiger partial charge on any atom is -0.481 e. The normalized spacial score (nSPS) is 23.4. The maximum Gasteiger partial charge on any atom is 0.423 e. The summed E-state index contributed by atoms with van der Waals surface area (Å²) in [5, 5.41) is 9.79. The molecular weight excluding hydrogens is 495 g/mol. The first-order valence-corrected chi connectivity index (χ1v) is 12.6. The lowest BCUT2D eigenvalue weighted by molar-refractivity contribution is -0.269. The van der Waals surface area contributed by atoms with E-state index in [1.807, 2.05) is 30.3 Å². The molecule has 3 aromatic rings. The van der Waals surface area contributed by atoms with Crippen LogP contribution in [0.25, 0.3) is 0 Å². The van der Waals surface area contributed by atoms with E-state index in [4.69, 9.17) is 4.74 Å². The maximum atomic E-state index is 14.9. The number of nitrogens with zero attached hydrogens (tertiary/aromatic N) is 1. The van der Waals surface area contributed by atoms with E-state index in [-0.39, 0.29) is 10.6 Å². The number of halogens is 3. The highest BCUT2D eigenvalue weighted by atomic mass is 32.2. The Morgan fingerprint density at radius 2 is 1.72 bits per heavy atom. The van der Waals surface area contributed by atoms with Crippen molar-refractivity contribution in [2.75, 3.05) is 10.9 Å². The summed E-state index contributed by atoms with van der Waals surface area (Å²) >= 11 is 0. The van der Waals surface area contributed by atoms with Crippen LogP contribution in [0.2, 0.25) is 0 Å². The number of aliphatic carboxylic acids is 1. The first-order valence-electron chi connectivity index (χ1n) is 11.2. The largest absolute Gasteiger partial charge is 0.481 e. The van der Waals surface area contributed by atoms with Gasteiger partial charge in [0.2, 0.25) is 5.60 Å². The first-order chi connectivity index (χ1) is 17.0. The molecule has 10 heteroatoms. The van der Waals surface area contributed by atoms with E-state index in [2.05, 4.69) is 0 Å². The lowest BCUT2D eigenvalue weighted by Crippen LogP contribution is -2.55. The number of sulfonamides is 1. The minimum atomic E-state index is -5.08. The highest BCUT2D eigenvalue weighted by Crippen LogP contribution is 2.61. The molecule has 0 amide bonds. The summed E-state index contributed by atoms with van der Waals surface area (Å²) in [4.78, 5) is 11.8. The Morgan fingerprint density at radius 3 is 2.33 bits per heavy atom. The summed E-state index contributed by atoms with van der Waals surface area (Å²) in [6, 6.07) is 16.9. The molecule has 3 aromatic carbocycles. The van der Waals surface area contributed by atoms with Crippen LogP contribution in [0.5, 0.6) is 0 Å². The topological polar surface area (TPSA) is 83.9 Å². The second kappa shape index (κ2) is 8.35. The standard InChI is InChI=1S/C26H22F3NO5S/c1-16-7-10-19(11-8-16)36(33,34)30-22-12-9-18(13-17-5-3-2-4-6-17)14-21(22)25(26(27,28)29)23(30)20(15-35-25)24(31)32/h2-12,14,20,23H,13,15H2,1H3,(H,31,32). The van der Waals surface area contributed by atoms with Crippen molar-refractivity contribution in [3.05, 3.63) is 95.1 Å². The van der Waals surface area contributed by atoms with Gasteiger partial charge in [-0.25, -0.2) is 8.42 Å². The van der Waals surface area contributed by atoms with Crippen molar-refractivity contribution in [1.82, 2.24) is 0 Å². The Balaban J connectivity index is 1.74. The smallest absolute Gasteiger partial charge is 0.423 e. The van der Waals surface area contributed by atoms with Crippen molar-refractivity contribution in [2.24, 2.45) is 5.92 Å². The summed E-state index contributed by atoms with van der Waals surface area (Å²) in [6.45, 7) is 0.970. The number of hydrogen-bond donors (Lipinski definition) is 1. The zero-order valence-electron chi connectivity index (χ0n) is 19.1. The predicted molar refractivity (Wildman–Crippen MR) is 125 cm³/mol. The van der Waals surface area contributed by atoms with E-state index in [1.54, 1.807) is 13.0 Å². The van der Waals surface area contributed by atoms with Crippen molar-refractivity contribution in [2.45, 2.75) is 36.1 Å². The molecular formula is C26H22F3NO5S. The van der Waals surface area contributed by atoms with Crippen LogP contribution in [0, 0.1) is 12.8 Å². The number of hydrogen-bond acceptors (Lipinski definition) is 4. The fourth-order valence-electron chi connectivity index (χ4n) is 5.12. The van der Waals surface area contributed by atoms with Gasteiger partial charge in [-0.05, 0) is 42.7 Å². The van der Waals surface area contributed by atoms with E-state index in [0.29, 0.717) is 16.3 Å². The molecule has 36 heavy (non-hydrogen) atoms. The Hall–Kier alpha value is -3.37. The lowest BCUT2D eigenvalue weighted by atomic mass is 9.84. The average molecular weight is 518 g/mol. The van der Waals surface area contributed by atoms with Gasteiger partial charge in [0.15, 0.2) is 0 Å². The summed E-state index contributed by atoms with van der Waals surface area (Å²) in [7, 11) is -4.57. The molecule has 1 fully saturated rings. The minimum absolute atomic E-state index is 0.235.